The Morgan fingerprint density at radius 2 is 1.90 bits per heavy atom. The van der Waals surface area contributed by atoms with Gasteiger partial charge in [0.2, 0.25) is 0 Å². The molecule has 20 heavy (non-hydrogen) atoms. The fraction of sp³-hybridized carbons (Fsp3) is 0.647. The summed E-state index contributed by atoms with van der Waals surface area (Å²) < 4.78 is 0. The van der Waals surface area contributed by atoms with Crippen molar-refractivity contribution in [2.45, 2.75) is 51.0 Å². The first-order valence-corrected chi connectivity index (χ1v) is 8.65. The van der Waals surface area contributed by atoms with Crippen LogP contribution in [0.3, 0.4) is 0 Å². The molecule has 2 atom stereocenters. The van der Waals surface area contributed by atoms with Crippen LogP contribution in [0.4, 0.5) is 0 Å². The van der Waals surface area contributed by atoms with E-state index < -0.39 is 0 Å². The third-order valence-corrected chi connectivity index (χ3v) is 5.43. The van der Waals surface area contributed by atoms with Crippen LogP contribution in [-0.4, -0.2) is 12.6 Å². The molecule has 0 spiro atoms. The highest BCUT2D eigenvalue weighted by Gasteiger charge is 2.34. The van der Waals surface area contributed by atoms with Crippen LogP contribution in [-0.2, 0) is 6.42 Å². The van der Waals surface area contributed by atoms with Gasteiger partial charge in [-0.15, -0.1) is 0 Å². The van der Waals surface area contributed by atoms with Crippen molar-refractivity contribution in [1.82, 2.24) is 5.32 Å². The Labute approximate surface area is 132 Å². The van der Waals surface area contributed by atoms with E-state index in [1.165, 1.54) is 44.1 Å². The van der Waals surface area contributed by atoms with E-state index in [1.54, 1.807) is 0 Å². The molecule has 1 N–H and O–H groups in total. The third-order valence-electron chi connectivity index (χ3n) is 4.85. The summed E-state index contributed by atoms with van der Waals surface area (Å²) in [5.74, 6) is 2.06. The van der Waals surface area contributed by atoms with E-state index in [1.807, 2.05) is 18.2 Å². The van der Waals surface area contributed by atoms with Crippen LogP contribution in [0, 0.1) is 11.8 Å². The summed E-state index contributed by atoms with van der Waals surface area (Å²) in [6, 6.07) is 6.52. The quantitative estimate of drug-likeness (QED) is 0.798. The molecule has 2 unspecified atom stereocenters. The Morgan fingerprint density at radius 1 is 1.05 bits per heavy atom. The predicted octanol–water partition coefficient (Wildman–Crippen LogP) is 5.09. The van der Waals surface area contributed by atoms with Crippen molar-refractivity contribution >= 4 is 23.2 Å². The Kier molecular flexibility index (Phi) is 4.91. The van der Waals surface area contributed by atoms with Crippen LogP contribution >= 0.6 is 23.2 Å². The lowest BCUT2D eigenvalue weighted by Gasteiger charge is -2.30. The van der Waals surface area contributed by atoms with E-state index in [0.29, 0.717) is 5.02 Å². The maximum Gasteiger partial charge on any atom is 0.0453 e. The highest BCUT2D eigenvalue weighted by atomic mass is 35.5. The molecule has 1 aromatic carbocycles. The van der Waals surface area contributed by atoms with Crippen molar-refractivity contribution < 1.29 is 0 Å². The van der Waals surface area contributed by atoms with Gasteiger partial charge in [0, 0.05) is 16.1 Å². The zero-order valence-corrected chi connectivity index (χ0v) is 13.4. The van der Waals surface area contributed by atoms with Gasteiger partial charge < -0.3 is 5.32 Å². The van der Waals surface area contributed by atoms with E-state index in [4.69, 9.17) is 23.2 Å². The third kappa shape index (κ3) is 3.90. The first-order chi connectivity index (χ1) is 9.72. The molecule has 1 nitrogen and oxygen atoms in total. The number of rotatable bonds is 5. The van der Waals surface area contributed by atoms with Gasteiger partial charge in [-0.2, -0.15) is 0 Å². The maximum atomic E-state index is 6.21. The predicted molar refractivity (Wildman–Crippen MR) is 86.6 cm³/mol. The van der Waals surface area contributed by atoms with Gasteiger partial charge in [-0.25, -0.2) is 0 Å². The van der Waals surface area contributed by atoms with Crippen molar-refractivity contribution in [3.8, 4) is 0 Å². The molecule has 1 aromatic rings. The number of halogens is 2. The van der Waals surface area contributed by atoms with Gasteiger partial charge in [-0.1, -0.05) is 42.1 Å². The summed E-state index contributed by atoms with van der Waals surface area (Å²) in [5.41, 5.74) is 1.19. The van der Waals surface area contributed by atoms with Crippen LogP contribution in [0.1, 0.15) is 44.1 Å². The number of nitrogens with one attached hydrogen (secondary N) is 1. The second-order valence-electron chi connectivity index (χ2n) is 6.40. The molecular weight excluding hydrogens is 289 g/mol. The van der Waals surface area contributed by atoms with Gasteiger partial charge in [-0.3, -0.25) is 0 Å². The molecule has 0 aliphatic heterocycles. The Morgan fingerprint density at radius 3 is 2.65 bits per heavy atom. The molecule has 2 fully saturated rings. The van der Waals surface area contributed by atoms with Crippen LogP contribution in [0.15, 0.2) is 18.2 Å². The van der Waals surface area contributed by atoms with E-state index in [0.717, 1.165) is 35.9 Å². The fourth-order valence-corrected chi connectivity index (χ4v) is 4.05. The molecule has 3 heteroatoms. The van der Waals surface area contributed by atoms with Crippen LogP contribution in [0.5, 0.6) is 0 Å². The Bertz CT molecular complexity index is 456. The molecule has 3 rings (SSSR count). The summed E-state index contributed by atoms with van der Waals surface area (Å²) in [5, 5.41) is 5.24. The van der Waals surface area contributed by atoms with E-state index in [9.17, 15) is 0 Å². The lowest BCUT2D eigenvalue weighted by molar-refractivity contribution is 0.262. The molecule has 110 valence electrons. The molecule has 0 radical (unpaired) electrons. The highest BCUT2D eigenvalue weighted by Crippen LogP contribution is 2.43. The van der Waals surface area contributed by atoms with Gasteiger partial charge in [0.1, 0.15) is 0 Å². The average molecular weight is 312 g/mol. The fourth-order valence-electron chi connectivity index (χ4n) is 3.54. The standard InChI is InChI=1S/C17H23Cl2N/c18-15-7-6-13(17(19)11-15)8-9-20-16-3-1-2-14(10-16)12-4-5-12/h6-7,11-12,14,16,20H,1-5,8-10H2. The highest BCUT2D eigenvalue weighted by molar-refractivity contribution is 6.35. The summed E-state index contributed by atoms with van der Waals surface area (Å²) in [6.07, 6.45) is 9.55. The maximum absolute atomic E-state index is 6.21. The van der Waals surface area contributed by atoms with Gasteiger partial charge in [0.05, 0.1) is 0 Å². The molecule has 0 saturated heterocycles. The largest absolute Gasteiger partial charge is 0.314 e. The summed E-state index contributed by atoms with van der Waals surface area (Å²) >= 11 is 12.1. The molecule has 2 saturated carbocycles. The summed E-state index contributed by atoms with van der Waals surface area (Å²) in [4.78, 5) is 0. The SMILES string of the molecule is Clc1ccc(CCNC2CCCC(C3CC3)C2)c(Cl)c1. The lowest BCUT2D eigenvalue weighted by Crippen LogP contribution is -2.35. The minimum Gasteiger partial charge on any atom is -0.314 e. The zero-order chi connectivity index (χ0) is 13.9. The molecule has 0 bridgehead atoms. The van der Waals surface area contributed by atoms with Crippen molar-refractivity contribution in [3.63, 3.8) is 0 Å². The van der Waals surface area contributed by atoms with Crippen LogP contribution in [0.2, 0.25) is 10.0 Å². The summed E-state index contributed by atoms with van der Waals surface area (Å²) in [7, 11) is 0. The number of hydrogen-bond donors (Lipinski definition) is 1. The summed E-state index contributed by atoms with van der Waals surface area (Å²) in [6.45, 7) is 1.02. The second kappa shape index (κ2) is 6.68. The van der Waals surface area contributed by atoms with Crippen LogP contribution in [0.25, 0.3) is 0 Å². The van der Waals surface area contributed by atoms with Gasteiger partial charge in [-0.05, 0) is 68.2 Å². The second-order valence-corrected chi connectivity index (χ2v) is 7.24. The lowest BCUT2D eigenvalue weighted by atomic mass is 9.82. The number of benzene rings is 1. The van der Waals surface area contributed by atoms with E-state index in [-0.39, 0.29) is 0 Å². The first kappa shape index (κ1) is 14.7. The Balaban J connectivity index is 1.44. The van der Waals surface area contributed by atoms with Gasteiger partial charge in [0.25, 0.3) is 0 Å². The van der Waals surface area contributed by atoms with Gasteiger partial charge in [0.15, 0.2) is 0 Å². The minimum atomic E-state index is 0.714. The molecule has 2 aliphatic rings. The smallest absolute Gasteiger partial charge is 0.0453 e. The molecule has 0 aromatic heterocycles. The number of hydrogen-bond acceptors (Lipinski definition) is 1. The topological polar surface area (TPSA) is 12.0 Å². The molecular formula is C17H23Cl2N. The zero-order valence-electron chi connectivity index (χ0n) is 11.9. The monoisotopic (exact) mass is 311 g/mol. The Hall–Kier alpha value is -0.240. The average Bonchev–Trinajstić information content (AvgIpc) is 3.26. The van der Waals surface area contributed by atoms with Crippen molar-refractivity contribution in [2.75, 3.05) is 6.54 Å². The van der Waals surface area contributed by atoms with Crippen molar-refractivity contribution in [2.24, 2.45) is 11.8 Å². The molecule has 0 amide bonds. The van der Waals surface area contributed by atoms with E-state index >= 15 is 0 Å². The van der Waals surface area contributed by atoms with E-state index in [2.05, 4.69) is 5.32 Å². The minimum absolute atomic E-state index is 0.714. The molecule has 0 heterocycles. The molecule has 2 aliphatic carbocycles. The van der Waals surface area contributed by atoms with Crippen molar-refractivity contribution in [3.05, 3.63) is 33.8 Å². The van der Waals surface area contributed by atoms with Crippen molar-refractivity contribution in [1.29, 1.82) is 0 Å². The normalized spacial score (nSPS) is 26.7. The van der Waals surface area contributed by atoms with Crippen LogP contribution < -0.4 is 5.32 Å². The first-order valence-electron chi connectivity index (χ1n) is 7.89. The van der Waals surface area contributed by atoms with Gasteiger partial charge >= 0.3 is 0 Å².